The monoisotopic (exact) mass is 701 g/mol. The van der Waals surface area contributed by atoms with Gasteiger partial charge in [-0.3, -0.25) is 13.8 Å². The number of benzene rings is 3. The van der Waals surface area contributed by atoms with E-state index in [2.05, 4.69) is 49.3 Å². The summed E-state index contributed by atoms with van der Waals surface area (Å²) in [5.74, 6) is -0.572. The van der Waals surface area contributed by atoms with E-state index in [4.69, 9.17) is 11.6 Å². The van der Waals surface area contributed by atoms with Crippen molar-refractivity contribution >= 4 is 76.3 Å². The molecule has 1 aliphatic heterocycles. The van der Waals surface area contributed by atoms with E-state index in [1.165, 1.54) is 26.2 Å². The molecule has 1 aliphatic rings. The second-order valence-electron chi connectivity index (χ2n) is 9.79. The van der Waals surface area contributed by atoms with Gasteiger partial charge in [-0.25, -0.2) is 9.29 Å². The quantitative estimate of drug-likeness (QED) is 0.101. The Morgan fingerprint density at radius 3 is 2.54 bits per heavy atom. The van der Waals surface area contributed by atoms with Crippen molar-refractivity contribution in [1.29, 1.82) is 0 Å². The van der Waals surface area contributed by atoms with Crippen molar-refractivity contribution in [2.45, 2.75) is 6.92 Å². The largest absolute Gasteiger partial charge is 0.507 e. The normalized spacial score (nSPS) is 13.0. The number of halogens is 3. The third-order valence-electron chi connectivity index (χ3n) is 6.74. The van der Waals surface area contributed by atoms with Crippen LogP contribution in [-0.4, -0.2) is 59.8 Å². The molecule has 7 nitrogen and oxygen atoms in total. The number of rotatable bonds is 6. The van der Waals surface area contributed by atoms with Gasteiger partial charge >= 0.3 is 0 Å². The Hall–Kier alpha value is -3.40. The van der Waals surface area contributed by atoms with Crippen LogP contribution >= 0.6 is 41.9 Å². The van der Waals surface area contributed by atoms with Crippen molar-refractivity contribution < 1.29 is 14.3 Å². The van der Waals surface area contributed by atoms with Crippen molar-refractivity contribution in [3.63, 3.8) is 0 Å². The average molecular weight is 702 g/mol. The number of aromatic hydroxyl groups is 1. The van der Waals surface area contributed by atoms with Gasteiger partial charge in [0.05, 0.1) is 29.3 Å². The highest BCUT2D eigenvalue weighted by Gasteiger charge is 2.21. The van der Waals surface area contributed by atoms with E-state index in [0.29, 0.717) is 41.9 Å². The lowest BCUT2D eigenvalue weighted by atomic mass is 9.95. The van der Waals surface area contributed by atoms with Gasteiger partial charge in [-0.2, -0.15) is 0 Å². The van der Waals surface area contributed by atoms with Gasteiger partial charge in [0.15, 0.2) is 0 Å². The average Bonchev–Trinajstić information content (AvgIpc) is 3.37. The van der Waals surface area contributed by atoms with Crippen LogP contribution in [0.3, 0.4) is 0 Å². The summed E-state index contributed by atoms with van der Waals surface area (Å²) in [5.41, 5.74) is 5.22. The van der Waals surface area contributed by atoms with Crippen LogP contribution in [0.5, 0.6) is 5.75 Å². The Morgan fingerprint density at radius 2 is 1.88 bits per heavy atom. The molecular formula is C30H26ClFIN5O2S. The Bertz CT molecular complexity index is 1750. The lowest BCUT2D eigenvalue weighted by Gasteiger charge is -2.29. The van der Waals surface area contributed by atoms with Gasteiger partial charge in [-0.05, 0) is 60.5 Å². The first-order chi connectivity index (χ1) is 19.7. The molecule has 11 heteroatoms. The minimum Gasteiger partial charge on any atom is -0.507 e. The van der Waals surface area contributed by atoms with Gasteiger partial charge in [0.1, 0.15) is 11.6 Å². The number of hydrogen-bond acceptors (Lipinski definition) is 6. The molecule has 0 unspecified atom stereocenters. The first-order valence-electron chi connectivity index (χ1n) is 12.6. The topological polar surface area (TPSA) is 64.3 Å². The molecule has 3 aromatic carbocycles. The number of amides is 1. The van der Waals surface area contributed by atoms with E-state index in [-0.39, 0.29) is 16.3 Å². The zero-order valence-corrected chi connectivity index (χ0v) is 26.3. The molecule has 0 atom stereocenters. The number of aromatic nitrogens is 1. The number of carbonyl (C=O) groups excluding carboxylic acids is 1. The Balaban J connectivity index is 1.63. The molecule has 0 saturated carbocycles. The maximum Gasteiger partial charge on any atom is 0.226 e. The van der Waals surface area contributed by atoms with Crippen LogP contribution in [0.2, 0.25) is 5.02 Å². The molecule has 41 heavy (non-hydrogen) atoms. The van der Waals surface area contributed by atoms with Crippen LogP contribution in [-0.2, 0) is 4.79 Å². The van der Waals surface area contributed by atoms with Crippen LogP contribution in [0.1, 0.15) is 6.92 Å². The van der Waals surface area contributed by atoms with Crippen molar-refractivity contribution in [1.82, 2.24) is 8.87 Å². The second kappa shape index (κ2) is 12.2. The number of nitrogens with zero attached hydrogens (tertiary/aromatic N) is 5. The van der Waals surface area contributed by atoms with Crippen molar-refractivity contribution in [3.05, 3.63) is 65.6 Å². The van der Waals surface area contributed by atoms with Crippen LogP contribution in [0.25, 0.3) is 33.2 Å². The number of phenols is 1. The molecule has 1 aromatic heterocycles. The Kier molecular flexibility index (Phi) is 8.68. The predicted molar refractivity (Wildman–Crippen MR) is 177 cm³/mol. The molecule has 0 fully saturated rings. The molecule has 0 aliphatic carbocycles. The van der Waals surface area contributed by atoms with Crippen molar-refractivity contribution in [3.8, 4) is 40.1 Å². The third-order valence-corrected chi connectivity index (χ3v) is 8.78. The molecule has 0 spiro atoms. The molecule has 2 heterocycles. The highest BCUT2D eigenvalue weighted by Crippen LogP contribution is 2.44. The molecule has 4 aromatic rings. The number of carbonyl (C=O) groups is 1. The molecule has 210 valence electrons. The molecule has 5 rings (SSSR count). The van der Waals surface area contributed by atoms with E-state index >= 15 is 4.39 Å². The fourth-order valence-electron chi connectivity index (χ4n) is 4.85. The van der Waals surface area contributed by atoms with E-state index in [0.717, 1.165) is 28.8 Å². The van der Waals surface area contributed by atoms with Gasteiger partial charge in [0.2, 0.25) is 6.41 Å². The summed E-state index contributed by atoms with van der Waals surface area (Å²) < 4.78 is 17.2. The summed E-state index contributed by atoms with van der Waals surface area (Å²) in [7, 11) is 5.05. The number of fused-ring (bicyclic) bond motifs is 1. The van der Waals surface area contributed by atoms with Gasteiger partial charge in [0, 0.05) is 97.2 Å². The minimum atomic E-state index is -0.499. The van der Waals surface area contributed by atoms with E-state index in [1.807, 2.05) is 29.2 Å². The molecule has 1 N–H and O–H groups in total. The molecule has 0 bridgehead atoms. The first kappa shape index (κ1) is 29.1. The van der Waals surface area contributed by atoms with E-state index in [9.17, 15) is 9.90 Å². The summed E-state index contributed by atoms with van der Waals surface area (Å²) in [4.78, 5) is 21.2. The van der Waals surface area contributed by atoms with Crippen LogP contribution in [0, 0.1) is 17.9 Å². The second-order valence-corrected chi connectivity index (χ2v) is 11.9. The highest BCUT2D eigenvalue weighted by atomic mass is 127. The molecule has 0 radical (unpaired) electrons. The first-order valence-corrected chi connectivity index (χ1v) is 16.3. The standard InChI is InChI=1S/C30H26ClFIN5O2S/c1-19-17-36(9-7-34-19)28-13-21(14-29-23(28)6-8-38(29)41-33)25-16-22(32)15-24(30(25)40)20-4-5-27(26(31)12-20)37(18-39)11-10-35(2)3/h4-6,8,12-16,18,40H,7,9,17H2,1-3H3. The third kappa shape index (κ3) is 5.98. The molecule has 0 saturated heterocycles. The fourth-order valence-corrected chi connectivity index (χ4v) is 6.49. The van der Waals surface area contributed by atoms with E-state index in [1.54, 1.807) is 37.2 Å². The summed E-state index contributed by atoms with van der Waals surface area (Å²) in [5, 5.41) is 12.8. The number of anilines is 2. The summed E-state index contributed by atoms with van der Waals surface area (Å²) in [6.45, 7) is 4.18. The van der Waals surface area contributed by atoms with E-state index < -0.39 is 5.82 Å². The molecular weight excluding hydrogens is 676 g/mol. The smallest absolute Gasteiger partial charge is 0.226 e. The van der Waals surface area contributed by atoms with Gasteiger partial charge < -0.3 is 14.9 Å². The van der Waals surface area contributed by atoms with Crippen LogP contribution in [0.15, 0.2) is 59.7 Å². The number of aliphatic imine (C=N–C) groups is 1. The summed E-state index contributed by atoms with van der Waals surface area (Å²) >= 11 is 8.77. The molecule has 1 amide bonds. The zero-order chi connectivity index (χ0) is 29.3. The highest BCUT2D eigenvalue weighted by molar-refractivity contribution is 14.2. The van der Waals surface area contributed by atoms with Crippen molar-refractivity contribution in [2.24, 2.45) is 4.99 Å². The van der Waals surface area contributed by atoms with Gasteiger partial charge in [-0.15, -0.1) is 0 Å². The maximum absolute atomic E-state index is 15.2. The predicted octanol–water partition coefficient (Wildman–Crippen LogP) is 7.04. The minimum absolute atomic E-state index is 0.0724. The number of phenolic OH excluding ortho intramolecular Hbond substituents is 1. The van der Waals surface area contributed by atoms with Crippen LogP contribution < -0.4 is 9.80 Å². The van der Waals surface area contributed by atoms with Crippen LogP contribution in [0.4, 0.5) is 15.8 Å². The Morgan fingerprint density at radius 1 is 1.12 bits per heavy atom. The van der Waals surface area contributed by atoms with Gasteiger partial charge in [0.25, 0.3) is 0 Å². The fraction of sp³-hybridized carbons (Fsp3) is 0.200. The lowest BCUT2D eigenvalue weighted by Crippen LogP contribution is -2.35. The maximum atomic E-state index is 15.2. The zero-order valence-electron chi connectivity index (χ0n) is 22.5. The van der Waals surface area contributed by atoms with Gasteiger partial charge in [-0.1, -0.05) is 17.7 Å². The SMILES string of the molecule is CC1=NCCN(c2cc(-c3cc(F)cc(-c4ccc(N(C#CN(C)C)C=O)c(Cl)c4)c3O)cc3c2ccn3SI)C1. The lowest BCUT2D eigenvalue weighted by molar-refractivity contribution is -0.106. The number of hydrogen-bond donors (Lipinski definition) is 1. The summed E-state index contributed by atoms with van der Waals surface area (Å²) in [6, 6.07) is 19.1. The Labute approximate surface area is 259 Å². The van der Waals surface area contributed by atoms with Crippen molar-refractivity contribution in [2.75, 3.05) is 43.5 Å². The summed E-state index contributed by atoms with van der Waals surface area (Å²) in [6.07, 6.45) is 2.58.